The minimum atomic E-state index is -0.464. The first kappa shape index (κ1) is 22.7. The van der Waals surface area contributed by atoms with Gasteiger partial charge in [-0.15, -0.1) is 0 Å². The summed E-state index contributed by atoms with van der Waals surface area (Å²) >= 11 is 12.5. The molecule has 29 heavy (non-hydrogen) atoms. The number of amides is 1. The third-order valence-electron chi connectivity index (χ3n) is 5.53. The molecule has 1 aromatic carbocycles. The molecule has 0 radical (unpaired) electrons. The number of carbonyl (C=O) groups is 1. The molecule has 0 aromatic heterocycles. The molecule has 0 saturated carbocycles. The van der Waals surface area contributed by atoms with Crippen LogP contribution in [0.1, 0.15) is 45.6 Å². The maximum Gasteiger partial charge on any atom is 0.410 e. The molecule has 1 amide bonds. The molecule has 0 aliphatic carbocycles. The van der Waals surface area contributed by atoms with Crippen LogP contribution >= 0.6 is 23.2 Å². The lowest BCUT2D eigenvalue weighted by Crippen LogP contribution is -2.42. The fourth-order valence-electron chi connectivity index (χ4n) is 4.07. The van der Waals surface area contributed by atoms with Crippen molar-refractivity contribution < 1.29 is 14.3 Å². The number of hydrogen-bond acceptors (Lipinski definition) is 4. The standard InChI is InChI=1S/C22H32Cl2N2O3/c1-22(2,3)29-21(27)25-9-6-16(13-25)14-26(19-7-10-28-11-8-19)15-17-4-5-18(23)12-20(17)24/h4-5,12,16,19H,6-11,13-15H2,1-3H3/t16-/m0/s1. The molecular formula is C22H32Cl2N2O3. The van der Waals surface area contributed by atoms with E-state index < -0.39 is 5.60 Å². The van der Waals surface area contributed by atoms with Crippen molar-refractivity contribution in [3.05, 3.63) is 33.8 Å². The van der Waals surface area contributed by atoms with E-state index in [1.165, 1.54) is 0 Å². The Hall–Kier alpha value is -1.01. The van der Waals surface area contributed by atoms with Gasteiger partial charge in [0, 0.05) is 55.5 Å². The number of benzene rings is 1. The summed E-state index contributed by atoms with van der Waals surface area (Å²) in [6, 6.07) is 6.18. The van der Waals surface area contributed by atoms with E-state index in [0.717, 1.165) is 64.2 Å². The lowest BCUT2D eigenvalue weighted by atomic mass is 10.0. The van der Waals surface area contributed by atoms with Gasteiger partial charge >= 0.3 is 6.09 Å². The van der Waals surface area contributed by atoms with Crippen molar-refractivity contribution in [1.82, 2.24) is 9.80 Å². The summed E-state index contributed by atoms with van der Waals surface area (Å²) in [6.07, 6.45) is 2.83. The van der Waals surface area contributed by atoms with Gasteiger partial charge in [0.05, 0.1) is 0 Å². The molecule has 2 fully saturated rings. The summed E-state index contributed by atoms with van der Waals surface area (Å²) < 4.78 is 11.1. The van der Waals surface area contributed by atoms with E-state index in [9.17, 15) is 4.79 Å². The number of halogens is 2. The van der Waals surface area contributed by atoms with Gasteiger partial charge < -0.3 is 14.4 Å². The molecule has 0 unspecified atom stereocenters. The van der Waals surface area contributed by atoms with E-state index in [1.807, 2.05) is 37.8 Å². The first-order chi connectivity index (χ1) is 13.7. The monoisotopic (exact) mass is 442 g/mol. The zero-order valence-corrected chi connectivity index (χ0v) is 19.1. The minimum absolute atomic E-state index is 0.210. The highest BCUT2D eigenvalue weighted by Crippen LogP contribution is 2.28. The fourth-order valence-corrected chi connectivity index (χ4v) is 4.54. The normalized spacial score (nSPS) is 21.0. The second kappa shape index (κ2) is 9.86. The summed E-state index contributed by atoms with van der Waals surface area (Å²) in [5.41, 5.74) is 0.624. The Kier molecular flexibility index (Phi) is 7.71. The lowest BCUT2D eigenvalue weighted by molar-refractivity contribution is 0.0218. The van der Waals surface area contributed by atoms with E-state index in [-0.39, 0.29) is 6.09 Å². The van der Waals surface area contributed by atoms with Crippen LogP contribution < -0.4 is 0 Å². The highest BCUT2D eigenvalue weighted by Gasteiger charge is 2.32. The van der Waals surface area contributed by atoms with Gasteiger partial charge in [0.15, 0.2) is 0 Å². The number of nitrogens with zero attached hydrogens (tertiary/aromatic N) is 2. The molecule has 1 aromatic rings. The zero-order valence-electron chi connectivity index (χ0n) is 17.6. The van der Waals surface area contributed by atoms with Crippen molar-refractivity contribution in [3.8, 4) is 0 Å². The van der Waals surface area contributed by atoms with Gasteiger partial charge in [-0.2, -0.15) is 0 Å². The smallest absolute Gasteiger partial charge is 0.410 e. The van der Waals surface area contributed by atoms with Crippen LogP contribution in [0.3, 0.4) is 0 Å². The SMILES string of the molecule is CC(C)(C)OC(=O)N1CC[C@H](CN(Cc2ccc(Cl)cc2Cl)C2CCOCC2)C1. The Morgan fingerprint density at radius 2 is 1.97 bits per heavy atom. The molecule has 2 heterocycles. The summed E-state index contributed by atoms with van der Waals surface area (Å²) in [5, 5.41) is 1.36. The third-order valence-corrected chi connectivity index (χ3v) is 6.11. The lowest BCUT2D eigenvalue weighted by Gasteiger charge is -2.36. The van der Waals surface area contributed by atoms with Gasteiger partial charge in [0.1, 0.15) is 5.60 Å². The Bertz CT molecular complexity index is 702. The predicted octanol–water partition coefficient (Wildman–Crippen LogP) is 5.23. The zero-order chi connectivity index (χ0) is 21.0. The van der Waals surface area contributed by atoms with Crippen LogP contribution in [0.25, 0.3) is 0 Å². The molecule has 2 aliphatic rings. The van der Waals surface area contributed by atoms with E-state index >= 15 is 0 Å². The minimum Gasteiger partial charge on any atom is -0.444 e. The van der Waals surface area contributed by atoms with E-state index in [2.05, 4.69) is 4.90 Å². The van der Waals surface area contributed by atoms with Crippen molar-refractivity contribution >= 4 is 29.3 Å². The number of hydrogen-bond donors (Lipinski definition) is 0. The summed E-state index contributed by atoms with van der Waals surface area (Å²) in [7, 11) is 0. The van der Waals surface area contributed by atoms with Crippen LogP contribution in [0.5, 0.6) is 0 Å². The summed E-state index contributed by atoms with van der Waals surface area (Å²) in [5.74, 6) is 0.427. The average Bonchev–Trinajstić information content (AvgIpc) is 3.11. The topological polar surface area (TPSA) is 42.0 Å². The van der Waals surface area contributed by atoms with E-state index in [0.29, 0.717) is 22.0 Å². The van der Waals surface area contributed by atoms with Gasteiger partial charge in [-0.25, -0.2) is 4.79 Å². The first-order valence-electron chi connectivity index (χ1n) is 10.4. The van der Waals surface area contributed by atoms with Crippen molar-refractivity contribution in [2.24, 2.45) is 5.92 Å². The number of likely N-dealkylation sites (tertiary alicyclic amines) is 1. The second-order valence-corrected chi connectivity index (χ2v) is 9.93. The molecule has 1 atom stereocenters. The number of ether oxygens (including phenoxy) is 2. The number of rotatable bonds is 5. The summed E-state index contributed by atoms with van der Waals surface area (Å²) in [4.78, 5) is 16.8. The van der Waals surface area contributed by atoms with Crippen molar-refractivity contribution in [3.63, 3.8) is 0 Å². The average molecular weight is 443 g/mol. The van der Waals surface area contributed by atoms with Gasteiger partial charge in [0.2, 0.25) is 0 Å². The molecule has 3 rings (SSSR count). The molecule has 5 nitrogen and oxygen atoms in total. The molecule has 0 N–H and O–H groups in total. The maximum absolute atomic E-state index is 12.4. The first-order valence-corrected chi connectivity index (χ1v) is 11.2. The third kappa shape index (κ3) is 6.74. The maximum atomic E-state index is 12.4. The Morgan fingerprint density at radius 3 is 2.62 bits per heavy atom. The Labute approximate surface area is 184 Å². The highest BCUT2D eigenvalue weighted by atomic mass is 35.5. The highest BCUT2D eigenvalue weighted by molar-refractivity contribution is 6.35. The van der Waals surface area contributed by atoms with Crippen LogP contribution in [0.4, 0.5) is 4.79 Å². The van der Waals surface area contributed by atoms with Gasteiger partial charge in [-0.05, 0) is 63.6 Å². The molecular weight excluding hydrogens is 411 g/mol. The molecule has 7 heteroatoms. The van der Waals surface area contributed by atoms with Crippen LogP contribution in [0.15, 0.2) is 18.2 Å². The van der Waals surface area contributed by atoms with Gasteiger partial charge in [0.25, 0.3) is 0 Å². The van der Waals surface area contributed by atoms with Crippen LogP contribution in [-0.4, -0.2) is 60.4 Å². The molecule has 0 bridgehead atoms. The van der Waals surface area contributed by atoms with Gasteiger partial charge in [-0.3, -0.25) is 4.90 Å². The van der Waals surface area contributed by atoms with Crippen molar-refractivity contribution in [2.75, 3.05) is 32.8 Å². The Balaban J connectivity index is 1.65. The molecule has 2 aliphatic heterocycles. The number of carbonyl (C=O) groups excluding carboxylic acids is 1. The van der Waals surface area contributed by atoms with E-state index in [1.54, 1.807) is 6.07 Å². The largest absolute Gasteiger partial charge is 0.444 e. The fraction of sp³-hybridized carbons (Fsp3) is 0.682. The van der Waals surface area contributed by atoms with Crippen LogP contribution in [0, 0.1) is 5.92 Å². The van der Waals surface area contributed by atoms with Crippen molar-refractivity contribution in [2.45, 2.75) is 58.2 Å². The van der Waals surface area contributed by atoms with Crippen molar-refractivity contribution in [1.29, 1.82) is 0 Å². The second-order valence-electron chi connectivity index (χ2n) is 9.09. The summed E-state index contributed by atoms with van der Waals surface area (Å²) in [6.45, 7) is 10.5. The molecule has 0 spiro atoms. The molecule has 2 saturated heterocycles. The van der Waals surface area contributed by atoms with E-state index in [4.69, 9.17) is 32.7 Å². The van der Waals surface area contributed by atoms with Crippen LogP contribution in [0.2, 0.25) is 10.0 Å². The Morgan fingerprint density at radius 1 is 1.24 bits per heavy atom. The van der Waals surface area contributed by atoms with Crippen LogP contribution in [-0.2, 0) is 16.0 Å². The molecule has 162 valence electrons. The quantitative estimate of drug-likeness (QED) is 0.625. The van der Waals surface area contributed by atoms with Gasteiger partial charge in [-0.1, -0.05) is 29.3 Å². The predicted molar refractivity (Wildman–Crippen MR) is 117 cm³/mol.